The Labute approximate surface area is 203 Å². The van der Waals surface area contributed by atoms with Gasteiger partial charge in [0.1, 0.15) is 11.4 Å². The Kier molecular flexibility index (Phi) is 8.48. The molecule has 0 fully saturated rings. The first-order valence-electron chi connectivity index (χ1n) is 11.6. The van der Waals surface area contributed by atoms with E-state index in [9.17, 15) is 9.90 Å². The van der Waals surface area contributed by atoms with Gasteiger partial charge >= 0.3 is 5.97 Å². The zero-order chi connectivity index (χ0) is 24.7. The Bertz CT molecular complexity index is 1030. The molecule has 0 bridgehead atoms. The molecule has 0 radical (unpaired) electrons. The van der Waals surface area contributed by atoms with Crippen molar-refractivity contribution in [1.29, 1.82) is 0 Å². The molecule has 3 aromatic carbocycles. The van der Waals surface area contributed by atoms with Crippen LogP contribution in [0.5, 0.6) is 5.75 Å². The number of esters is 1. The highest BCUT2D eigenvalue weighted by Gasteiger charge is 2.38. The van der Waals surface area contributed by atoms with Crippen molar-refractivity contribution in [2.45, 2.75) is 58.0 Å². The van der Waals surface area contributed by atoms with Crippen molar-refractivity contribution in [3.8, 4) is 5.75 Å². The largest absolute Gasteiger partial charge is 0.497 e. The molecule has 0 saturated heterocycles. The monoisotopic (exact) mass is 461 g/mol. The van der Waals surface area contributed by atoms with Gasteiger partial charge in [-0.3, -0.25) is 4.90 Å². The number of carbonyl (C=O) groups is 1. The van der Waals surface area contributed by atoms with E-state index in [0.29, 0.717) is 12.3 Å². The van der Waals surface area contributed by atoms with Crippen molar-refractivity contribution in [2.24, 2.45) is 0 Å². The maximum atomic E-state index is 13.1. The molecule has 0 aliphatic carbocycles. The van der Waals surface area contributed by atoms with Crippen molar-refractivity contribution in [1.82, 2.24) is 4.90 Å². The van der Waals surface area contributed by atoms with Crippen LogP contribution in [0.15, 0.2) is 84.9 Å². The number of ether oxygens (including phenoxy) is 2. The number of nitrogens with zero attached hydrogens (tertiary/aromatic N) is 1. The van der Waals surface area contributed by atoms with Gasteiger partial charge in [0, 0.05) is 12.6 Å². The molecule has 0 spiro atoms. The summed E-state index contributed by atoms with van der Waals surface area (Å²) in [5, 5.41) is 11.4. The minimum atomic E-state index is -1.39. The Morgan fingerprint density at radius 1 is 0.882 bits per heavy atom. The van der Waals surface area contributed by atoms with Crippen LogP contribution in [0.25, 0.3) is 0 Å². The maximum absolute atomic E-state index is 13.1. The predicted octanol–water partition coefficient (Wildman–Crippen LogP) is 5.70. The first kappa shape index (κ1) is 25.5. The number of carbonyl (C=O) groups excluding carboxylic acids is 1. The molecule has 3 rings (SSSR count). The van der Waals surface area contributed by atoms with Gasteiger partial charge in [0.25, 0.3) is 0 Å². The van der Waals surface area contributed by atoms with E-state index in [0.717, 1.165) is 16.7 Å². The van der Waals surface area contributed by atoms with E-state index >= 15 is 0 Å². The predicted molar refractivity (Wildman–Crippen MR) is 134 cm³/mol. The van der Waals surface area contributed by atoms with E-state index in [-0.39, 0.29) is 6.04 Å². The van der Waals surface area contributed by atoms with Gasteiger partial charge in [0.15, 0.2) is 6.10 Å². The van der Waals surface area contributed by atoms with Gasteiger partial charge < -0.3 is 14.6 Å². The van der Waals surface area contributed by atoms with Gasteiger partial charge in [0.05, 0.1) is 13.2 Å². The molecule has 5 heteroatoms. The van der Waals surface area contributed by atoms with Gasteiger partial charge in [0.2, 0.25) is 0 Å². The topological polar surface area (TPSA) is 59.0 Å². The highest BCUT2D eigenvalue weighted by atomic mass is 16.6. The van der Waals surface area contributed by atoms with Crippen LogP contribution in [0.3, 0.4) is 0 Å². The number of hydrogen-bond acceptors (Lipinski definition) is 5. The zero-order valence-electron chi connectivity index (χ0n) is 20.6. The molecule has 0 aliphatic heterocycles. The van der Waals surface area contributed by atoms with Crippen molar-refractivity contribution < 1.29 is 19.4 Å². The summed E-state index contributed by atoms with van der Waals surface area (Å²) < 4.78 is 10.9. The molecular formula is C29H35NO4. The average molecular weight is 462 g/mol. The summed E-state index contributed by atoms with van der Waals surface area (Å²) in [4.78, 5) is 15.2. The van der Waals surface area contributed by atoms with E-state index in [2.05, 4.69) is 36.1 Å². The second kappa shape index (κ2) is 11.3. The molecule has 34 heavy (non-hydrogen) atoms. The smallest absolute Gasteiger partial charge is 0.337 e. The summed E-state index contributed by atoms with van der Waals surface area (Å²) >= 11 is 0. The number of methoxy groups -OCH3 is 1. The fourth-order valence-corrected chi connectivity index (χ4v) is 4.04. The Morgan fingerprint density at radius 2 is 1.44 bits per heavy atom. The first-order valence-corrected chi connectivity index (χ1v) is 11.6. The number of aliphatic hydroxyl groups excluding tert-OH is 1. The van der Waals surface area contributed by atoms with Crippen molar-refractivity contribution in [3.05, 3.63) is 102 Å². The minimum absolute atomic E-state index is 0.0920. The number of aliphatic hydroxyl groups is 1. The molecule has 0 unspecified atom stereocenters. The van der Waals surface area contributed by atoms with Crippen LogP contribution in [0.4, 0.5) is 0 Å². The van der Waals surface area contributed by atoms with Crippen LogP contribution in [-0.2, 0) is 16.1 Å². The average Bonchev–Trinajstić information content (AvgIpc) is 2.83. The van der Waals surface area contributed by atoms with Gasteiger partial charge in [-0.1, -0.05) is 72.8 Å². The molecule has 3 aromatic rings. The fraction of sp³-hybridized carbons (Fsp3) is 0.345. The van der Waals surface area contributed by atoms with Crippen molar-refractivity contribution in [2.75, 3.05) is 7.11 Å². The molecule has 0 aliphatic rings. The van der Waals surface area contributed by atoms with Gasteiger partial charge in [-0.2, -0.15) is 0 Å². The lowest BCUT2D eigenvalue weighted by Gasteiger charge is -2.39. The van der Waals surface area contributed by atoms with Crippen LogP contribution in [-0.4, -0.2) is 34.8 Å². The van der Waals surface area contributed by atoms with E-state index in [1.807, 2.05) is 60.7 Å². The van der Waals surface area contributed by atoms with Crippen LogP contribution in [0.1, 0.15) is 56.5 Å². The first-order chi connectivity index (χ1) is 16.2. The summed E-state index contributed by atoms with van der Waals surface area (Å²) in [6.07, 6.45) is -1.39. The van der Waals surface area contributed by atoms with E-state index in [1.54, 1.807) is 27.9 Å². The van der Waals surface area contributed by atoms with Crippen LogP contribution < -0.4 is 4.74 Å². The Hall–Kier alpha value is -3.15. The molecule has 0 heterocycles. The summed E-state index contributed by atoms with van der Waals surface area (Å²) in [5.41, 5.74) is 2.27. The van der Waals surface area contributed by atoms with Gasteiger partial charge in [-0.05, 0) is 56.5 Å². The van der Waals surface area contributed by atoms with E-state index in [1.165, 1.54) is 0 Å². The molecule has 1 N–H and O–H groups in total. The third kappa shape index (κ3) is 6.69. The van der Waals surface area contributed by atoms with Crippen molar-refractivity contribution in [3.63, 3.8) is 0 Å². The SMILES string of the molecule is COc1ccc([C@H]([C@@H](O)C(=O)OC(C)(C)C)N(Cc2ccccc2)[C@H](C)c2ccccc2)cc1. The van der Waals surface area contributed by atoms with Crippen LogP contribution >= 0.6 is 0 Å². The molecule has 180 valence electrons. The molecule has 0 aromatic heterocycles. The molecular weight excluding hydrogens is 426 g/mol. The summed E-state index contributed by atoms with van der Waals surface area (Å²) in [5.74, 6) is 0.0617. The number of benzene rings is 3. The second-order valence-corrected chi connectivity index (χ2v) is 9.44. The highest BCUT2D eigenvalue weighted by molar-refractivity contribution is 5.76. The summed E-state index contributed by atoms with van der Waals surface area (Å²) in [6, 6.07) is 26.9. The zero-order valence-corrected chi connectivity index (χ0v) is 20.6. The lowest BCUT2D eigenvalue weighted by atomic mass is 9.94. The molecule has 0 saturated carbocycles. The lowest BCUT2D eigenvalue weighted by molar-refractivity contribution is -0.170. The van der Waals surface area contributed by atoms with Crippen molar-refractivity contribution >= 4 is 5.97 Å². The number of hydrogen-bond donors (Lipinski definition) is 1. The van der Waals surface area contributed by atoms with E-state index < -0.39 is 23.7 Å². The third-order valence-electron chi connectivity index (χ3n) is 5.75. The van der Waals surface area contributed by atoms with Crippen LogP contribution in [0, 0.1) is 0 Å². The highest BCUT2D eigenvalue weighted by Crippen LogP contribution is 2.36. The van der Waals surface area contributed by atoms with Gasteiger partial charge in [-0.25, -0.2) is 4.79 Å². The Balaban J connectivity index is 2.09. The Morgan fingerprint density at radius 3 is 1.97 bits per heavy atom. The summed E-state index contributed by atoms with van der Waals surface area (Å²) in [7, 11) is 1.61. The normalized spacial score (nSPS) is 14.3. The molecule has 3 atom stereocenters. The van der Waals surface area contributed by atoms with Crippen LogP contribution in [0.2, 0.25) is 0 Å². The minimum Gasteiger partial charge on any atom is -0.497 e. The molecule has 5 nitrogen and oxygen atoms in total. The number of rotatable bonds is 9. The fourth-order valence-electron chi connectivity index (χ4n) is 4.04. The molecule has 0 amide bonds. The maximum Gasteiger partial charge on any atom is 0.337 e. The standard InChI is InChI=1S/C29H35NO4/c1-21(23-14-10-7-11-15-23)30(20-22-12-8-6-9-13-22)26(24-16-18-25(33-5)19-17-24)27(31)28(32)34-29(2,3)4/h6-19,21,26-27,31H,20H2,1-5H3/t21-,26-,27-/m1/s1. The van der Waals surface area contributed by atoms with Gasteiger partial charge in [-0.15, -0.1) is 0 Å². The summed E-state index contributed by atoms with van der Waals surface area (Å²) in [6.45, 7) is 8.03. The second-order valence-electron chi connectivity index (χ2n) is 9.44. The van der Waals surface area contributed by atoms with E-state index in [4.69, 9.17) is 9.47 Å². The third-order valence-corrected chi connectivity index (χ3v) is 5.75. The lowest BCUT2D eigenvalue weighted by Crippen LogP contribution is -2.44. The quantitative estimate of drug-likeness (QED) is 0.414.